The van der Waals surface area contributed by atoms with Crippen molar-refractivity contribution in [1.82, 2.24) is 20.2 Å². The molecule has 1 aromatic rings. The Kier molecular flexibility index (Phi) is 5.51. The summed E-state index contributed by atoms with van der Waals surface area (Å²) in [4.78, 5) is 22.0. The summed E-state index contributed by atoms with van der Waals surface area (Å²) >= 11 is 0. The van der Waals surface area contributed by atoms with Crippen molar-refractivity contribution < 1.29 is 4.79 Å². The van der Waals surface area contributed by atoms with Crippen molar-refractivity contribution >= 4 is 11.7 Å². The summed E-state index contributed by atoms with van der Waals surface area (Å²) in [6.45, 7) is 5.38. The second-order valence-electron chi connectivity index (χ2n) is 4.19. The third-order valence-electron chi connectivity index (χ3n) is 2.36. The normalized spacial score (nSPS) is 10.5. The van der Waals surface area contributed by atoms with E-state index < -0.39 is 0 Å². The highest BCUT2D eigenvalue weighted by Gasteiger charge is 2.08. The van der Waals surface area contributed by atoms with Crippen LogP contribution in [0.5, 0.6) is 0 Å². The van der Waals surface area contributed by atoms with Gasteiger partial charge in [-0.05, 0) is 20.9 Å². The van der Waals surface area contributed by atoms with E-state index in [2.05, 4.69) is 20.6 Å². The fourth-order valence-electron chi connectivity index (χ4n) is 1.62. The van der Waals surface area contributed by atoms with Crippen molar-refractivity contribution in [3.8, 4) is 0 Å². The van der Waals surface area contributed by atoms with Crippen LogP contribution < -0.4 is 10.6 Å². The third kappa shape index (κ3) is 4.67. The topological polar surface area (TPSA) is 70.2 Å². The summed E-state index contributed by atoms with van der Waals surface area (Å²) in [7, 11) is 3.70. The molecule has 0 aliphatic rings. The quantitative estimate of drug-likeness (QED) is 0.765. The van der Waals surface area contributed by atoms with E-state index in [1.54, 1.807) is 0 Å². The van der Waals surface area contributed by atoms with Crippen LogP contribution in [0.3, 0.4) is 0 Å². The molecule has 1 amide bonds. The second-order valence-corrected chi connectivity index (χ2v) is 4.19. The van der Waals surface area contributed by atoms with Crippen molar-refractivity contribution in [2.24, 2.45) is 0 Å². The van der Waals surface area contributed by atoms with Gasteiger partial charge in [0.15, 0.2) is 0 Å². The monoisotopic (exact) mass is 251 g/mol. The Morgan fingerprint density at radius 2 is 2.17 bits per heavy atom. The van der Waals surface area contributed by atoms with Gasteiger partial charge in [0.2, 0.25) is 5.91 Å². The average molecular weight is 251 g/mol. The molecule has 0 aliphatic carbocycles. The number of hydrogen-bond donors (Lipinski definition) is 2. The number of carbonyl (C=O) groups excluding carboxylic acids is 1. The Hall–Kier alpha value is -1.69. The van der Waals surface area contributed by atoms with Gasteiger partial charge in [-0.15, -0.1) is 0 Å². The largest absolute Gasteiger partial charge is 0.373 e. The third-order valence-corrected chi connectivity index (χ3v) is 2.36. The first kappa shape index (κ1) is 14.4. The van der Waals surface area contributed by atoms with Crippen LogP contribution in [0.25, 0.3) is 0 Å². The van der Waals surface area contributed by atoms with Gasteiger partial charge < -0.3 is 10.6 Å². The van der Waals surface area contributed by atoms with E-state index in [9.17, 15) is 4.79 Å². The molecule has 100 valence electrons. The fraction of sp³-hybridized carbons (Fsp3) is 0.583. The fourth-order valence-corrected chi connectivity index (χ4v) is 1.62. The molecule has 0 atom stereocenters. The lowest BCUT2D eigenvalue weighted by molar-refractivity contribution is -0.121. The number of likely N-dealkylation sites (N-methyl/N-ethyl adjacent to an activating group) is 2. The Bertz CT molecular complexity index is 407. The number of anilines is 1. The lowest BCUT2D eigenvalue weighted by Crippen LogP contribution is -2.35. The van der Waals surface area contributed by atoms with Crippen molar-refractivity contribution in [2.75, 3.05) is 32.5 Å². The first-order valence-electron chi connectivity index (χ1n) is 6.02. The van der Waals surface area contributed by atoms with E-state index in [0.29, 0.717) is 25.5 Å². The van der Waals surface area contributed by atoms with Crippen LogP contribution in [0.15, 0.2) is 6.07 Å². The zero-order valence-corrected chi connectivity index (χ0v) is 11.4. The van der Waals surface area contributed by atoms with Crippen molar-refractivity contribution in [3.63, 3.8) is 0 Å². The molecular formula is C12H21N5O. The van der Waals surface area contributed by atoms with Gasteiger partial charge in [0, 0.05) is 25.4 Å². The summed E-state index contributed by atoms with van der Waals surface area (Å²) in [6, 6.07) is 1.88. The van der Waals surface area contributed by atoms with Gasteiger partial charge in [0.05, 0.1) is 13.1 Å². The van der Waals surface area contributed by atoms with E-state index in [0.717, 1.165) is 11.5 Å². The Labute approximate surface area is 108 Å². The van der Waals surface area contributed by atoms with Gasteiger partial charge >= 0.3 is 0 Å². The predicted octanol–water partition coefficient (Wildman–Crippen LogP) is 0.395. The van der Waals surface area contributed by atoms with Crippen molar-refractivity contribution in [3.05, 3.63) is 17.6 Å². The number of aromatic nitrogens is 2. The molecule has 0 aliphatic heterocycles. The zero-order chi connectivity index (χ0) is 13.5. The maximum atomic E-state index is 11.4. The zero-order valence-electron chi connectivity index (χ0n) is 11.4. The van der Waals surface area contributed by atoms with E-state index in [1.165, 1.54) is 0 Å². The first-order valence-corrected chi connectivity index (χ1v) is 6.02. The minimum Gasteiger partial charge on any atom is -0.373 e. The SMILES string of the molecule is CCNC(=O)CN(C)Cc1nc(C)cc(NC)n1. The lowest BCUT2D eigenvalue weighted by Gasteiger charge is -2.15. The van der Waals surface area contributed by atoms with Gasteiger partial charge in [-0.2, -0.15) is 0 Å². The maximum Gasteiger partial charge on any atom is 0.234 e. The molecule has 6 heteroatoms. The van der Waals surface area contributed by atoms with Crippen LogP contribution in [0, 0.1) is 6.92 Å². The molecule has 2 N–H and O–H groups in total. The number of amides is 1. The number of aryl methyl sites for hydroxylation is 1. The van der Waals surface area contributed by atoms with Crippen LogP contribution in [-0.4, -0.2) is 48.0 Å². The molecule has 0 saturated carbocycles. The van der Waals surface area contributed by atoms with Crippen LogP contribution in [0.4, 0.5) is 5.82 Å². The van der Waals surface area contributed by atoms with Gasteiger partial charge in [0.1, 0.15) is 11.6 Å². The number of nitrogens with one attached hydrogen (secondary N) is 2. The summed E-state index contributed by atoms with van der Waals surface area (Å²) < 4.78 is 0. The van der Waals surface area contributed by atoms with Crippen LogP contribution in [0.1, 0.15) is 18.4 Å². The molecule has 0 radical (unpaired) electrons. The van der Waals surface area contributed by atoms with Crippen molar-refractivity contribution in [2.45, 2.75) is 20.4 Å². The molecule has 1 rings (SSSR count). The Morgan fingerprint density at radius 1 is 1.44 bits per heavy atom. The summed E-state index contributed by atoms with van der Waals surface area (Å²) in [5.41, 5.74) is 0.913. The van der Waals surface area contributed by atoms with Crippen molar-refractivity contribution in [1.29, 1.82) is 0 Å². The van der Waals surface area contributed by atoms with Crippen LogP contribution in [-0.2, 0) is 11.3 Å². The number of hydrogen-bond acceptors (Lipinski definition) is 5. The summed E-state index contributed by atoms with van der Waals surface area (Å²) in [5, 5.41) is 5.76. The molecule has 0 aromatic carbocycles. The molecule has 0 fully saturated rings. The molecule has 0 saturated heterocycles. The minimum atomic E-state index is 0.0153. The molecule has 6 nitrogen and oxygen atoms in total. The molecule has 18 heavy (non-hydrogen) atoms. The highest BCUT2D eigenvalue weighted by molar-refractivity contribution is 5.77. The van der Waals surface area contributed by atoms with E-state index in [4.69, 9.17) is 0 Å². The Morgan fingerprint density at radius 3 is 2.78 bits per heavy atom. The molecule has 1 heterocycles. The molecule has 1 aromatic heterocycles. The van der Waals surface area contributed by atoms with E-state index in [-0.39, 0.29) is 5.91 Å². The minimum absolute atomic E-state index is 0.0153. The summed E-state index contributed by atoms with van der Waals surface area (Å²) in [6.07, 6.45) is 0. The van der Waals surface area contributed by atoms with Crippen LogP contribution >= 0.6 is 0 Å². The highest BCUT2D eigenvalue weighted by atomic mass is 16.1. The first-order chi connectivity index (χ1) is 8.55. The molecule has 0 spiro atoms. The standard InChI is InChI=1S/C12H21N5O/c1-5-14-12(18)8-17(4)7-11-15-9(2)6-10(13-3)16-11/h6H,5,7-8H2,1-4H3,(H,14,18)(H,13,15,16). The molecule has 0 bridgehead atoms. The van der Waals surface area contributed by atoms with Gasteiger partial charge in [-0.3, -0.25) is 9.69 Å². The Balaban J connectivity index is 2.61. The summed E-state index contributed by atoms with van der Waals surface area (Å²) in [5.74, 6) is 1.52. The van der Waals surface area contributed by atoms with E-state index in [1.807, 2.05) is 38.9 Å². The highest BCUT2D eigenvalue weighted by Crippen LogP contribution is 2.06. The van der Waals surface area contributed by atoms with Gasteiger partial charge in [-0.25, -0.2) is 9.97 Å². The molecule has 0 unspecified atom stereocenters. The number of rotatable bonds is 6. The average Bonchev–Trinajstić information content (AvgIpc) is 2.27. The molecular weight excluding hydrogens is 230 g/mol. The second kappa shape index (κ2) is 6.90. The van der Waals surface area contributed by atoms with Gasteiger partial charge in [-0.1, -0.05) is 0 Å². The van der Waals surface area contributed by atoms with Crippen LogP contribution in [0.2, 0.25) is 0 Å². The maximum absolute atomic E-state index is 11.4. The lowest BCUT2D eigenvalue weighted by atomic mass is 10.4. The van der Waals surface area contributed by atoms with E-state index >= 15 is 0 Å². The van der Waals surface area contributed by atoms with Gasteiger partial charge in [0.25, 0.3) is 0 Å². The number of carbonyl (C=O) groups is 1. The number of nitrogens with zero attached hydrogens (tertiary/aromatic N) is 3. The smallest absolute Gasteiger partial charge is 0.234 e. The predicted molar refractivity (Wildman–Crippen MR) is 71.3 cm³/mol.